The summed E-state index contributed by atoms with van der Waals surface area (Å²) in [7, 11) is 1.94. The Balaban J connectivity index is 1.33. The molecule has 0 unspecified atom stereocenters. The van der Waals surface area contributed by atoms with E-state index in [2.05, 4.69) is 15.3 Å². The second kappa shape index (κ2) is 7.86. The summed E-state index contributed by atoms with van der Waals surface area (Å²) < 4.78 is 7.72. The molecule has 2 heterocycles. The van der Waals surface area contributed by atoms with Gasteiger partial charge in [0.15, 0.2) is 11.7 Å². The molecule has 142 valence electrons. The predicted octanol–water partition coefficient (Wildman–Crippen LogP) is 4.13. The van der Waals surface area contributed by atoms with Crippen molar-refractivity contribution in [2.24, 2.45) is 7.05 Å². The number of nitrogens with one attached hydrogen (secondary N) is 1. The summed E-state index contributed by atoms with van der Waals surface area (Å²) in [6, 6.07) is 15.3. The lowest BCUT2D eigenvalue weighted by Crippen LogP contribution is -2.24. The average Bonchev–Trinajstić information content (AvgIpc) is 3.30. The molecule has 0 saturated carbocycles. The first-order valence-electron chi connectivity index (χ1n) is 8.98. The van der Waals surface area contributed by atoms with E-state index in [1.807, 2.05) is 54.1 Å². The van der Waals surface area contributed by atoms with E-state index in [4.69, 9.17) is 16.0 Å². The van der Waals surface area contributed by atoms with Gasteiger partial charge in [0.25, 0.3) is 0 Å². The van der Waals surface area contributed by atoms with Crippen molar-refractivity contribution in [1.82, 2.24) is 19.9 Å². The normalized spacial score (nSPS) is 11.1. The second-order valence-corrected chi connectivity index (χ2v) is 6.86. The van der Waals surface area contributed by atoms with Crippen molar-refractivity contribution in [2.75, 3.05) is 0 Å². The standard InChI is InChI=1S/C21H19ClN4O2/c1-26-17-9-5-4-8-16(17)25-19(26)13-23-20(27)10-11-21-24-12-18(28-21)14-6-2-3-7-15(14)22/h2-9,12H,10-11,13H2,1H3,(H,23,27). The summed E-state index contributed by atoms with van der Waals surface area (Å²) in [5.41, 5.74) is 2.74. The highest BCUT2D eigenvalue weighted by Crippen LogP contribution is 2.28. The third-order valence-corrected chi connectivity index (χ3v) is 4.91. The molecular weight excluding hydrogens is 376 g/mol. The van der Waals surface area contributed by atoms with Gasteiger partial charge in [0.1, 0.15) is 5.82 Å². The van der Waals surface area contributed by atoms with Gasteiger partial charge >= 0.3 is 0 Å². The van der Waals surface area contributed by atoms with Gasteiger partial charge in [-0.15, -0.1) is 0 Å². The summed E-state index contributed by atoms with van der Waals surface area (Å²) >= 11 is 6.18. The molecular formula is C21H19ClN4O2. The topological polar surface area (TPSA) is 73.0 Å². The van der Waals surface area contributed by atoms with Crippen LogP contribution in [-0.4, -0.2) is 20.4 Å². The number of aryl methyl sites for hydroxylation is 2. The van der Waals surface area contributed by atoms with Gasteiger partial charge in [0.05, 0.1) is 28.8 Å². The maximum atomic E-state index is 12.2. The van der Waals surface area contributed by atoms with E-state index in [0.717, 1.165) is 22.4 Å². The van der Waals surface area contributed by atoms with Crippen LogP contribution in [0.5, 0.6) is 0 Å². The average molecular weight is 395 g/mol. The molecule has 0 saturated heterocycles. The van der Waals surface area contributed by atoms with Gasteiger partial charge in [-0.25, -0.2) is 9.97 Å². The highest BCUT2D eigenvalue weighted by Gasteiger charge is 2.12. The van der Waals surface area contributed by atoms with Crippen molar-refractivity contribution in [2.45, 2.75) is 19.4 Å². The van der Waals surface area contributed by atoms with Gasteiger partial charge < -0.3 is 14.3 Å². The molecule has 4 rings (SSSR count). The van der Waals surface area contributed by atoms with Crippen molar-refractivity contribution in [3.8, 4) is 11.3 Å². The number of imidazole rings is 1. The molecule has 1 N–H and O–H groups in total. The SMILES string of the molecule is Cn1c(CNC(=O)CCc2ncc(-c3ccccc3Cl)o2)nc2ccccc21. The van der Waals surface area contributed by atoms with E-state index in [1.165, 1.54) is 0 Å². The smallest absolute Gasteiger partial charge is 0.220 e. The number of halogens is 1. The predicted molar refractivity (Wildman–Crippen MR) is 108 cm³/mol. The van der Waals surface area contributed by atoms with Crippen LogP contribution in [0.3, 0.4) is 0 Å². The molecule has 2 aromatic heterocycles. The van der Waals surface area contributed by atoms with Crippen molar-refractivity contribution in [1.29, 1.82) is 0 Å². The van der Waals surface area contributed by atoms with Crippen molar-refractivity contribution < 1.29 is 9.21 Å². The second-order valence-electron chi connectivity index (χ2n) is 6.45. The van der Waals surface area contributed by atoms with Gasteiger partial charge in [0, 0.05) is 25.5 Å². The Morgan fingerprint density at radius 2 is 1.96 bits per heavy atom. The molecule has 1 amide bonds. The van der Waals surface area contributed by atoms with Gasteiger partial charge in [0.2, 0.25) is 5.91 Å². The molecule has 0 bridgehead atoms. The number of oxazole rings is 1. The van der Waals surface area contributed by atoms with Crippen LogP contribution in [0.2, 0.25) is 5.02 Å². The van der Waals surface area contributed by atoms with E-state index >= 15 is 0 Å². The molecule has 6 nitrogen and oxygen atoms in total. The molecule has 0 aliphatic heterocycles. The maximum Gasteiger partial charge on any atom is 0.220 e. The van der Waals surface area contributed by atoms with E-state index < -0.39 is 0 Å². The summed E-state index contributed by atoms with van der Waals surface area (Å²) in [6.07, 6.45) is 2.33. The Morgan fingerprint density at radius 1 is 1.18 bits per heavy atom. The zero-order valence-corrected chi connectivity index (χ0v) is 16.1. The van der Waals surface area contributed by atoms with Gasteiger partial charge in [-0.3, -0.25) is 4.79 Å². The first-order valence-corrected chi connectivity index (χ1v) is 9.36. The van der Waals surface area contributed by atoms with Gasteiger partial charge in [-0.2, -0.15) is 0 Å². The minimum atomic E-state index is -0.0791. The number of carbonyl (C=O) groups is 1. The highest BCUT2D eigenvalue weighted by molar-refractivity contribution is 6.33. The van der Waals surface area contributed by atoms with E-state index in [1.54, 1.807) is 12.3 Å². The number of amides is 1. The van der Waals surface area contributed by atoms with Crippen LogP contribution < -0.4 is 5.32 Å². The number of rotatable bonds is 6. The van der Waals surface area contributed by atoms with Crippen LogP contribution in [0.4, 0.5) is 0 Å². The number of aromatic nitrogens is 3. The summed E-state index contributed by atoms with van der Waals surface area (Å²) in [5.74, 6) is 1.84. The van der Waals surface area contributed by atoms with Gasteiger partial charge in [-0.1, -0.05) is 35.9 Å². The van der Waals surface area contributed by atoms with Crippen LogP contribution >= 0.6 is 11.6 Å². The van der Waals surface area contributed by atoms with Crippen molar-refractivity contribution in [3.05, 3.63) is 71.5 Å². The fourth-order valence-corrected chi connectivity index (χ4v) is 3.28. The lowest BCUT2D eigenvalue weighted by atomic mass is 10.2. The molecule has 2 aromatic carbocycles. The monoisotopic (exact) mass is 394 g/mol. The summed E-state index contributed by atoms with van der Waals surface area (Å²) in [6.45, 7) is 0.375. The number of nitrogens with zero attached hydrogens (tertiary/aromatic N) is 3. The Kier molecular flexibility index (Phi) is 5.12. The molecule has 0 radical (unpaired) electrons. The molecule has 7 heteroatoms. The van der Waals surface area contributed by atoms with Crippen LogP contribution in [-0.2, 0) is 24.8 Å². The van der Waals surface area contributed by atoms with E-state index in [-0.39, 0.29) is 12.3 Å². The highest BCUT2D eigenvalue weighted by atomic mass is 35.5. The van der Waals surface area contributed by atoms with Crippen molar-refractivity contribution >= 4 is 28.5 Å². The lowest BCUT2D eigenvalue weighted by molar-refractivity contribution is -0.121. The minimum absolute atomic E-state index is 0.0791. The molecule has 0 atom stereocenters. The van der Waals surface area contributed by atoms with Crippen LogP contribution in [0, 0.1) is 0 Å². The first kappa shape index (κ1) is 18.3. The molecule has 0 spiro atoms. The molecule has 0 aliphatic rings. The number of fused-ring (bicyclic) bond motifs is 1. The molecule has 0 aliphatic carbocycles. The first-order chi connectivity index (χ1) is 13.6. The number of benzene rings is 2. The van der Waals surface area contributed by atoms with E-state index in [9.17, 15) is 4.79 Å². The van der Waals surface area contributed by atoms with Crippen LogP contribution in [0.15, 0.2) is 59.1 Å². The van der Waals surface area contributed by atoms with Gasteiger partial charge in [-0.05, 0) is 24.3 Å². The van der Waals surface area contributed by atoms with Crippen LogP contribution in [0.1, 0.15) is 18.1 Å². The summed E-state index contributed by atoms with van der Waals surface area (Å²) in [4.78, 5) is 21.0. The quantitative estimate of drug-likeness (QED) is 0.533. The fourth-order valence-electron chi connectivity index (χ4n) is 3.05. The van der Waals surface area contributed by atoms with E-state index in [0.29, 0.717) is 29.6 Å². The zero-order valence-electron chi connectivity index (χ0n) is 15.4. The summed E-state index contributed by atoms with van der Waals surface area (Å²) in [5, 5.41) is 3.51. The van der Waals surface area contributed by atoms with Crippen LogP contribution in [0.25, 0.3) is 22.4 Å². The lowest BCUT2D eigenvalue weighted by Gasteiger charge is -2.05. The molecule has 28 heavy (non-hydrogen) atoms. The Bertz CT molecular complexity index is 1130. The number of para-hydroxylation sites is 2. The Morgan fingerprint density at radius 3 is 2.79 bits per heavy atom. The number of carbonyl (C=O) groups excluding carboxylic acids is 1. The number of hydrogen-bond donors (Lipinski definition) is 1. The van der Waals surface area contributed by atoms with Crippen molar-refractivity contribution in [3.63, 3.8) is 0 Å². The third kappa shape index (κ3) is 3.77. The number of hydrogen-bond acceptors (Lipinski definition) is 4. The zero-order chi connectivity index (χ0) is 19.5. The largest absolute Gasteiger partial charge is 0.441 e. The minimum Gasteiger partial charge on any atom is -0.441 e. The fraction of sp³-hybridized carbons (Fsp3) is 0.190. The molecule has 4 aromatic rings. The Hall–Kier alpha value is -3.12. The maximum absolute atomic E-state index is 12.2. The Labute approximate surface area is 167 Å². The molecule has 0 fully saturated rings. The third-order valence-electron chi connectivity index (χ3n) is 4.58.